The van der Waals surface area contributed by atoms with Crippen molar-refractivity contribution < 1.29 is 9.53 Å². The number of para-hydroxylation sites is 2. The number of ether oxygens (including phenoxy) is 1. The van der Waals surface area contributed by atoms with E-state index in [9.17, 15) is 4.79 Å². The van der Waals surface area contributed by atoms with E-state index in [1.54, 1.807) is 0 Å². The van der Waals surface area contributed by atoms with Gasteiger partial charge in [-0.2, -0.15) is 0 Å². The number of hydrogen-bond donors (Lipinski definition) is 2. The van der Waals surface area contributed by atoms with Gasteiger partial charge in [0.25, 0.3) is 5.91 Å². The number of nitrogens with one attached hydrogen (secondary N) is 2. The number of carbonyl (C=O) groups is 1. The minimum absolute atomic E-state index is 0.0371. The zero-order valence-electron chi connectivity index (χ0n) is 11.2. The minimum atomic E-state index is -0.122. The number of hydrogen-bond acceptors (Lipinski definition) is 3. The summed E-state index contributed by atoms with van der Waals surface area (Å²) >= 11 is 0. The third-order valence-electron chi connectivity index (χ3n) is 2.66. The van der Waals surface area contributed by atoms with E-state index in [4.69, 9.17) is 4.74 Å². The molecule has 4 heteroatoms. The molecule has 0 aliphatic heterocycles. The Balaban J connectivity index is 1.59. The van der Waals surface area contributed by atoms with E-state index in [0.717, 1.165) is 5.69 Å². The Bertz CT molecular complexity index is 515. The van der Waals surface area contributed by atoms with Gasteiger partial charge < -0.3 is 15.4 Å². The second-order valence-corrected chi connectivity index (χ2v) is 4.24. The summed E-state index contributed by atoms with van der Waals surface area (Å²) in [6, 6.07) is 19.2. The van der Waals surface area contributed by atoms with Crippen LogP contribution in [0.2, 0.25) is 0 Å². The summed E-state index contributed by atoms with van der Waals surface area (Å²) in [4.78, 5) is 11.6. The van der Waals surface area contributed by atoms with Crippen molar-refractivity contribution in [2.45, 2.75) is 0 Å². The molecule has 0 saturated heterocycles. The first-order valence-electron chi connectivity index (χ1n) is 6.58. The normalized spacial score (nSPS) is 9.80. The van der Waals surface area contributed by atoms with E-state index in [-0.39, 0.29) is 12.5 Å². The lowest BCUT2D eigenvalue weighted by Crippen LogP contribution is -2.32. The van der Waals surface area contributed by atoms with E-state index in [1.807, 2.05) is 60.7 Å². The molecule has 20 heavy (non-hydrogen) atoms. The molecule has 0 bridgehead atoms. The third-order valence-corrected chi connectivity index (χ3v) is 2.66. The minimum Gasteiger partial charge on any atom is -0.484 e. The molecule has 0 aliphatic rings. The van der Waals surface area contributed by atoms with Gasteiger partial charge >= 0.3 is 0 Å². The molecule has 2 aromatic carbocycles. The highest BCUT2D eigenvalue weighted by molar-refractivity contribution is 5.77. The second-order valence-electron chi connectivity index (χ2n) is 4.24. The van der Waals surface area contributed by atoms with Crippen LogP contribution in [0, 0.1) is 0 Å². The molecule has 0 aromatic heterocycles. The number of amides is 1. The van der Waals surface area contributed by atoms with E-state index in [2.05, 4.69) is 10.6 Å². The van der Waals surface area contributed by atoms with E-state index in [0.29, 0.717) is 18.8 Å². The van der Waals surface area contributed by atoms with Crippen molar-refractivity contribution in [1.29, 1.82) is 0 Å². The Morgan fingerprint density at radius 2 is 1.55 bits per heavy atom. The predicted octanol–water partition coefficient (Wildman–Crippen LogP) is 2.29. The summed E-state index contributed by atoms with van der Waals surface area (Å²) in [5.74, 6) is 0.578. The van der Waals surface area contributed by atoms with E-state index >= 15 is 0 Å². The summed E-state index contributed by atoms with van der Waals surface area (Å²) in [7, 11) is 0. The fraction of sp³-hybridized carbons (Fsp3) is 0.188. The van der Waals surface area contributed by atoms with Crippen LogP contribution in [0.25, 0.3) is 0 Å². The SMILES string of the molecule is O=C(COc1ccccc1)NCCNc1ccccc1. The fourth-order valence-electron chi connectivity index (χ4n) is 1.68. The van der Waals surface area contributed by atoms with Gasteiger partial charge in [0.15, 0.2) is 6.61 Å². The molecule has 2 N–H and O–H groups in total. The quantitative estimate of drug-likeness (QED) is 0.759. The smallest absolute Gasteiger partial charge is 0.258 e. The average Bonchev–Trinajstić information content (AvgIpc) is 2.52. The van der Waals surface area contributed by atoms with Gasteiger partial charge in [0.1, 0.15) is 5.75 Å². The van der Waals surface area contributed by atoms with Gasteiger partial charge in [0.05, 0.1) is 0 Å². The maximum atomic E-state index is 11.6. The molecule has 2 aromatic rings. The Morgan fingerprint density at radius 1 is 0.900 bits per heavy atom. The highest BCUT2D eigenvalue weighted by Gasteiger charge is 2.01. The van der Waals surface area contributed by atoms with Crippen LogP contribution in [0.3, 0.4) is 0 Å². The largest absolute Gasteiger partial charge is 0.484 e. The van der Waals surface area contributed by atoms with Gasteiger partial charge in [-0.05, 0) is 24.3 Å². The van der Waals surface area contributed by atoms with Crippen molar-refractivity contribution in [3.63, 3.8) is 0 Å². The van der Waals surface area contributed by atoms with Crippen molar-refractivity contribution in [1.82, 2.24) is 5.32 Å². The Labute approximate surface area is 118 Å². The van der Waals surface area contributed by atoms with Crippen LogP contribution in [0.4, 0.5) is 5.69 Å². The molecule has 1 amide bonds. The van der Waals surface area contributed by atoms with E-state index < -0.39 is 0 Å². The first kappa shape index (κ1) is 13.9. The van der Waals surface area contributed by atoms with Crippen LogP contribution in [-0.4, -0.2) is 25.6 Å². The number of benzene rings is 2. The maximum absolute atomic E-state index is 11.6. The molecular formula is C16H18N2O2. The summed E-state index contributed by atoms with van der Waals surface area (Å²) in [6.07, 6.45) is 0. The molecule has 0 heterocycles. The first-order chi connectivity index (χ1) is 9.84. The molecule has 4 nitrogen and oxygen atoms in total. The summed E-state index contributed by atoms with van der Waals surface area (Å²) in [5.41, 5.74) is 1.04. The van der Waals surface area contributed by atoms with Crippen molar-refractivity contribution in [3.8, 4) is 5.75 Å². The van der Waals surface area contributed by atoms with Crippen molar-refractivity contribution in [3.05, 3.63) is 60.7 Å². The van der Waals surface area contributed by atoms with Crippen molar-refractivity contribution in [2.75, 3.05) is 25.0 Å². The first-order valence-corrected chi connectivity index (χ1v) is 6.58. The van der Waals surface area contributed by atoms with Gasteiger partial charge in [-0.1, -0.05) is 36.4 Å². The number of anilines is 1. The molecule has 2 rings (SSSR count). The molecule has 104 valence electrons. The highest BCUT2D eigenvalue weighted by atomic mass is 16.5. The van der Waals surface area contributed by atoms with Crippen LogP contribution in [0.1, 0.15) is 0 Å². The third kappa shape index (κ3) is 5.02. The second kappa shape index (κ2) is 7.84. The van der Waals surface area contributed by atoms with Crippen LogP contribution in [0.15, 0.2) is 60.7 Å². The molecule has 0 aliphatic carbocycles. The van der Waals surface area contributed by atoms with Crippen LogP contribution in [0.5, 0.6) is 5.75 Å². The molecule has 0 saturated carbocycles. The van der Waals surface area contributed by atoms with Crippen LogP contribution in [-0.2, 0) is 4.79 Å². The molecule has 0 spiro atoms. The summed E-state index contributed by atoms with van der Waals surface area (Å²) < 4.78 is 5.35. The molecule has 0 atom stereocenters. The van der Waals surface area contributed by atoms with Gasteiger partial charge in [-0.25, -0.2) is 0 Å². The predicted molar refractivity (Wildman–Crippen MR) is 79.9 cm³/mol. The summed E-state index contributed by atoms with van der Waals surface area (Å²) in [5, 5.41) is 6.01. The van der Waals surface area contributed by atoms with Crippen molar-refractivity contribution >= 4 is 11.6 Å². The Morgan fingerprint density at radius 3 is 2.25 bits per heavy atom. The van der Waals surface area contributed by atoms with Gasteiger partial charge in [0, 0.05) is 18.8 Å². The lowest BCUT2D eigenvalue weighted by Gasteiger charge is -2.09. The average molecular weight is 270 g/mol. The molecule has 0 fully saturated rings. The van der Waals surface area contributed by atoms with Gasteiger partial charge in [0.2, 0.25) is 0 Å². The Hall–Kier alpha value is -2.49. The number of rotatable bonds is 7. The van der Waals surface area contributed by atoms with E-state index in [1.165, 1.54) is 0 Å². The zero-order chi connectivity index (χ0) is 14.0. The lowest BCUT2D eigenvalue weighted by atomic mass is 10.3. The lowest BCUT2D eigenvalue weighted by molar-refractivity contribution is -0.123. The van der Waals surface area contributed by atoms with Gasteiger partial charge in [-0.3, -0.25) is 4.79 Å². The molecule has 0 radical (unpaired) electrons. The molecular weight excluding hydrogens is 252 g/mol. The fourth-order valence-corrected chi connectivity index (χ4v) is 1.68. The van der Waals surface area contributed by atoms with Crippen molar-refractivity contribution in [2.24, 2.45) is 0 Å². The monoisotopic (exact) mass is 270 g/mol. The van der Waals surface area contributed by atoms with Crippen LogP contribution >= 0.6 is 0 Å². The topological polar surface area (TPSA) is 50.4 Å². The standard InChI is InChI=1S/C16H18N2O2/c19-16(13-20-15-9-5-2-6-10-15)18-12-11-17-14-7-3-1-4-8-14/h1-10,17H,11-13H2,(H,18,19). The highest BCUT2D eigenvalue weighted by Crippen LogP contribution is 2.07. The maximum Gasteiger partial charge on any atom is 0.258 e. The van der Waals surface area contributed by atoms with Gasteiger partial charge in [-0.15, -0.1) is 0 Å². The van der Waals surface area contributed by atoms with Crippen LogP contribution < -0.4 is 15.4 Å². The Kier molecular flexibility index (Phi) is 5.46. The molecule has 0 unspecified atom stereocenters. The summed E-state index contributed by atoms with van der Waals surface area (Å²) in [6.45, 7) is 1.28. The number of carbonyl (C=O) groups excluding carboxylic acids is 1. The zero-order valence-corrected chi connectivity index (χ0v) is 11.2.